The maximum absolute atomic E-state index is 6.12. The van der Waals surface area contributed by atoms with E-state index in [1.165, 1.54) is 18.4 Å². The van der Waals surface area contributed by atoms with E-state index in [1.54, 1.807) is 0 Å². The predicted molar refractivity (Wildman–Crippen MR) is 61.5 cm³/mol. The van der Waals surface area contributed by atoms with E-state index in [2.05, 4.69) is 37.9 Å². The third-order valence-electron chi connectivity index (χ3n) is 2.45. The summed E-state index contributed by atoms with van der Waals surface area (Å²) in [4.78, 5) is 0. The molecule has 13 heavy (non-hydrogen) atoms. The minimum Gasteiger partial charge on any atom is -0.324 e. The zero-order valence-electron chi connectivity index (χ0n) is 7.13. The van der Waals surface area contributed by atoms with Crippen LogP contribution in [0.15, 0.2) is 27.1 Å². The quantitative estimate of drug-likeness (QED) is 0.887. The fourth-order valence-electron chi connectivity index (χ4n) is 1.48. The Labute approximate surface area is 95.0 Å². The van der Waals surface area contributed by atoms with Gasteiger partial charge in [0.25, 0.3) is 0 Å². The van der Waals surface area contributed by atoms with Crippen LogP contribution in [0, 0.1) is 5.92 Å². The second kappa shape index (κ2) is 3.71. The smallest absolute Gasteiger partial charge is 0.0335 e. The van der Waals surface area contributed by atoms with Crippen molar-refractivity contribution >= 4 is 31.9 Å². The molecule has 3 heteroatoms. The lowest BCUT2D eigenvalue weighted by atomic mass is 10.0. The van der Waals surface area contributed by atoms with Crippen LogP contribution in [0.25, 0.3) is 0 Å². The summed E-state index contributed by atoms with van der Waals surface area (Å²) in [5.41, 5.74) is 7.34. The van der Waals surface area contributed by atoms with Crippen LogP contribution in [0.2, 0.25) is 0 Å². The lowest BCUT2D eigenvalue weighted by Gasteiger charge is -2.12. The fourth-order valence-corrected chi connectivity index (χ4v) is 2.37. The van der Waals surface area contributed by atoms with Gasteiger partial charge in [0, 0.05) is 15.0 Å². The molecule has 0 radical (unpaired) electrons. The van der Waals surface area contributed by atoms with E-state index in [4.69, 9.17) is 5.73 Å². The second-order valence-corrected chi connectivity index (χ2v) is 5.30. The summed E-state index contributed by atoms with van der Waals surface area (Å²) >= 11 is 6.98. The lowest BCUT2D eigenvalue weighted by Crippen LogP contribution is -2.12. The minimum absolute atomic E-state index is 0.201. The molecule has 0 bridgehead atoms. The number of halogens is 2. The van der Waals surface area contributed by atoms with Crippen molar-refractivity contribution in [2.75, 3.05) is 0 Å². The average Bonchev–Trinajstić information content (AvgIpc) is 2.91. The van der Waals surface area contributed by atoms with E-state index in [1.807, 2.05) is 12.1 Å². The Morgan fingerprint density at radius 3 is 2.62 bits per heavy atom. The summed E-state index contributed by atoms with van der Waals surface area (Å²) in [6.07, 6.45) is 2.56. The zero-order valence-corrected chi connectivity index (χ0v) is 10.3. The summed E-state index contributed by atoms with van der Waals surface area (Å²) in [5, 5.41) is 0. The highest BCUT2D eigenvalue weighted by molar-refractivity contribution is 9.11. The number of rotatable bonds is 2. The van der Waals surface area contributed by atoms with Crippen molar-refractivity contribution < 1.29 is 0 Å². The Morgan fingerprint density at radius 2 is 2.00 bits per heavy atom. The lowest BCUT2D eigenvalue weighted by molar-refractivity contribution is 0.630. The standard InChI is InChI=1S/C10H11Br2N/c11-7-3-4-9(12)8(5-7)10(13)6-1-2-6/h3-6,10H,1-2,13H2. The number of hydrogen-bond donors (Lipinski definition) is 1. The number of hydrogen-bond acceptors (Lipinski definition) is 1. The molecule has 1 aliphatic rings. The fraction of sp³-hybridized carbons (Fsp3) is 0.400. The molecule has 2 N–H and O–H groups in total. The van der Waals surface area contributed by atoms with Gasteiger partial charge in [-0.2, -0.15) is 0 Å². The molecule has 0 heterocycles. The van der Waals surface area contributed by atoms with Crippen molar-refractivity contribution in [2.45, 2.75) is 18.9 Å². The van der Waals surface area contributed by atoms with Crippen LogP contribution in [0.5, 0.6) is 0 Å². The molecule has 1 atom stereocenters. The largest absolute Gasteiger partial charge is 0.324 e. The van der Waals surface area contributed by atoms with E-state index >= 15 is 0 Å². The molecule has 0 aliphatic heterocycles. The van der Waals surface area contributed by atoms with E-state index in [-0.39, 0.29) is 6.04 Å². The Morgan fingerprint density at radius 1 is 1.31 bits per heavy atom. The van der Waals surface area contributed by atoms with Crippen LogP contribution in [0.1, 0.15) is 24.4 Å². The first-order chi connectivity index (χ1) is 6.18. The van der Waals surface area contributed by atoms with Gasteiger partial charge in [0.15, 0.2) is 0 Å². The highest BCUT2D eigenvalue weighted by Gasteiger charge is 2.30. The van der Waals surface area contributed by atoms with Crippen LogP contribution in [-0.2, 0) is 0 Å². The molecule has 0 aromatic heterocycles. The first kappa shape index (κ1) is 9.69. The van der Waals surface area contributed by atoms with Crippen molar-refractivity contribution in [1.82, 2.24) is 0 Å². The van der Waals surface area contributed by atoms with Gasteiger partial charge in [-0.05, 0) is 42.5 Å². The van der Waals surface area contributed by atoms with Gasteiger partial charge in [-0.3, -0.25) is 0 Å². The maximum atomic E-state index is 6.12. The number of nitrogens with two attached hydrogens (primary N) is 1. The third-order valence-corrected chi connectivity index (χ3v) is 3.66. The molecule has 1 fully saturated rings. The van der Waals surface area contributed by atoms with E-state index < -0.39 is 0 Å². The molecule has 1 nitrogen and oxygen atoms in total. The van der Waals surface area contributed by atoms with Crippen LogP contribution >= 0.6 is 31.9 Å². The molecular weight excluding hydrogens is 294 g/mol. The third kappa shape index (κ3) is 2.14. The SMILES string of the molecule is NC(c1cc(Br)ccc1Br)C1CC1. The topological polar surface area (TPSA) is 26.0 Å². The van der Waals surface area contributed by atoms with Gasteiger partial charge in [0.2, 0.25) is 0 Å². The second-order valence-electron chi connectivity index (χ2n) is 3.53. The first-order valence-corrected chi connectivity index (χ1v) is 5.97. The van der Waals surface area contributed by atoms with Gasteiger partial charge in [0.05, 0.1) is 0 Å². The summed E-state index contributed by atoms with van der Waals surface area (Å²) in [6, 6.07) is 6.37. The molecule has 0 saturated heterocycles. The molecule has 1 aromatic carbocycles. The molecule has 2 rings (SSSR count). The van der Waals surface area contributed by atoms with Crippen molar-refractivity contribution in [3.05, 3.63) is 32.7 Å². The molecule has 1 aromatic rings. The maximum Gasteiger partial charge on any atom is 0.0335 e. The van der Waals surface area contributed by atoms with Crippen LogP contribution < -0.4 is 5.73 Å². The van der Waals surface area contributed by atoms with Gasteiger partial charge in [-0.25, -0.2) is 0 Å². The van der Waals surface area contributed by atoms with Gasteiger partial charge in [0.1, 0.15) is 0 Å². The molecule has 0 spiro atoms. The first-order valence-electron chi connectivity index (χ1n) is 4.39. The van der Waals surface area contributed by atoms with Crippen molar-refractivity contribution in [3.63, 3.8) is 0 Å². The van der Waals surface area contributed by atoms with Gasteiger partial charge >= 0.3 is 0 Å². The van der Waals surface area contributed by atoms with Gasteiger partial charge < -0.3 is 5.73 Å². The average molecular weight is 305 g/mol. The molecule has 1 unspecified atom stereocenters. The summed E-state index contributed by atoms with van der Waals surface area (Å²) in [7, 11) is 0. The zero-order chi connectivity index (χ0) is 9.42. The predicted octanol–water partition coefficient (Wildman–Crippen LogP) is 3.62. The van der Waals surface area contributed by atoms with Gasteiger partial charge in [-0.1, -0.05) is 31.9 Å². The van der Waals surface area contributed by atoms with Crippen molar-refractivity contribution in [1.29, 1.82) is 0 Å². The van der Waals surface area contributed by atoms with Crippen LogP contribution in [-0.4, -0.2) is 0 Å². The van der Waals surface area contributed by atoms with Crippen LogP contribution in [0.4, 0.5) is 0 Å². The van der Waals surface area contributed by atoms with E-state index in [0.717, 1.165) is 8.95 Å². The summed E-state index contributed by atoms with van der Waals surface area (Å²) < 4.78 is 2.22. The van der Waals surface area contributed by atoms with E-state index in [9.17, 15) is 0 Å². The van der Waals surface area contributed by atoms with Crippen molar-refractivity contribution in [2.24, 2.45) is 11.7 Å². The highest BCUT2D eigenvalue weighted by atomic mass is 79.9. The Bertz CT molecular complexity index is 321. The molecular formula is C10H11Br2N. The Kier molecular flexibility index (Phi) is 2.77. The summed E-state index contributed by atoms with van der Waals surface area (Å²) in [6.45, 7) is 0. The summed E-state index contributed by atoms with van der Waals surface area (Å²) in [5.74, 6) is 0.700. The van der Waals surface area contributed by atoms with Crippen LogP contribution in [0.3, 0.4) is 0 Å². The molecule has 1 aliphatic carbocycles. The Hall–Kier alpha value is 0.140. The molecule has 0 amide bonds. The van der Waals surface area contributed by atoms with E-state index in [0.29, 0.717) is 5.92 Å². The molecule has 70 valence electrons. The van der Waals surface area contributed by atoms with Crippen molar-refractivity contribution in [3.8, 4) is 0 Å². The minimum atomic E-state index is 0.201. The Balaban J connectivity index is 2.31. The highest BCUT2D eigenvalue weighted by Crippen LogP contribution is 2.41. The normalized spacial score (nSPS) is 18.7. The monoisotopic (exact) mass is 303 g/mol. The van der Waals surface area contributed by atoms with Gasteiger partial charge in [-0.15, -0.1) is 0 Å². The number of benzene rings is 1. The molecule has 1 saturated carbocycles.